The summed E-state index contributed by atoms with van der Waals surface area (Å²) in [6.07, 6.45) is 2.56. The third kappa shape index (κ3) is 9.20. The molecule has 9 heteroatoms. The van der Waals surface area contributed by atoms with Crippen LogP contribution in [-0.4, -0.2) is 56.8 Å². The van der Waals surface area contributed by atoms with Crippen LogP contribution in [-0.2, 0) is 25.9 Å². The maximum absolute atomic E-state index is 13.0. The molecule has 1 atom stereocenters. The molecule has 228 valence electrons. The first-order chi connectivity index (χ1) is 20.9. The summed E-state index contributed by atoms with van der Waals surface area (Å²) in [6.45, 7) is 4.01. The number of nitrogens with one attached hydrogen (secondary N) is 1. The van der Waals surface area contributed by atoms with E-state index < -0.39 is 0 Å². The van der Waals surface area contributed by atoms with Crippen LogP contribution >= 0.6 is 11.3 Å². The van der Waals surface area contributed by atoms with E-state index in [1.807, 2.05) is 60.8 Å². The number of aromatic nitrogens is 1. The van der Waals surface area contributed by atoms with Crippen molar-refractivity contribution < 1.29 is 23.7 Å². The van der Waals surface area contributed by atoms with Crippen molar-refractivity contribution in [3.8, 4) is 23.0 Å². The molecule has 0 aliphatic carbocycles. The Hall–Kier alpha value is -4.08. The lowest BCUT2D eigenvalue weighted by Crippen LogP contribution is -2.33. The summed E-state index contributed by atoms with van der Waals surface area (Å²) in [7, 11) is 6.59. The second kappa shape index (κ2) is 16.0. The van der Waals surface area contributed by atoms with E-state index in [0.717, 1.165) is 53.4 Å². The molecule has 4 rings (SSSR count). The Bertz CT molecular complexity index is 1460. The summed E-state index contributed by atoms with van der Waals surface area (Å²) in [5, 5.41) is 5.83. The number of ether oxygens (including phenoxy) is 4. The van der Waals surface area contributed by atoms with Crippen molar-refractivity contribution in [2.45, 2.75) is 45.3 Å². The second-order valence-electron chi connectivity index (χ2n) is 10.4. The number of benzene rings is 3. The van der Waals surface area contributed by atoms with Gasteiger partial charge in [-0.1, -0.05) is 42.5 Å². The van der Waals surface area contributed by atoms with Gasteiger partial charge in [0.25, 0.3) is 5.91 Å². The van der Waals surface area contributed by atoms with E-state index in [-0.39, 0.29) is 11.9 Å². The van der Waals surface area contributed by atoms with Crippen LogP contribution in [0, 0.1) is 0 Å². The molecule has 8 nitrogen and oxygen atoms in total. The van der Waals surface area contributed by atoms with Crippen LogP contribution in [0.2, 0.25) is 0 Å². The number of methoxy groups -OCH3 is 4. The van der Waals surface area contributed by atoms with Gasteiger partial charge in [0.1, 0.15) is 22.2 Å². The molecular weight excluding hydrogens is 562 g/mol. The highest BCUT2D eigenvalue weighted by Crippen LogP contribution is 2.29. The largest absolute Gasteiger partial charge is 0.497 e. The molecule has 0 spiro atoms. The summed E-state index contributed by atoms with van der Waals surface area (Å²) in [6, 6.07) is 22.2. The molecule has 43 heavy (non-hydrogen) atoms. The number of hydrogen-bond acceptors (Lipinski definition) is 8. The fourth-order valence-corrected chi connectivity index (χ4v) is 5.65. The van der Waals surface area contributed by atoms with E-state index >= 15 is 0 Å². The number of amides is 1. The summed E-state index contributed by atoms with van der Waals surface area (Å²) in [4.78, 5) is 20.0. The van der Waals surface area contributed by atoms with Gasteiger partial charge >= 0.3 is 0 Å². The Morgan fingerprint density at radius 2 is 1.60 bits per heavy atom. The first kappa shape index (κ1) is 31.8. The number of nitrogens with zero attached hydrogens (tertiary/aromatic N) is 2. The molecular formula is C34H41N3O5S. The maximum Gasteiger partial charge on any atom is 0.270 e. The van der Waals surface area contributed by atoms with Crippen molar-refractivity contribution in [3.05, 3.63) is 99.5 Å². The van der Waals surface area contributed by atoms with E-state index in [1.54, 1.807) is 28.4 Å². The van der Waals surface area contributed by atoms with Crippen LogP contribution in [0.15, 0.2) is 72.1 Å². The molecule has 0 bridgehead atoms. The van der Waals surface area contributed by atoms with Gasteiger partial charge in [0.15, 0.2) is 11.5 Å². The molecule has 0 fully saturated rings. The maximum atomic E-state index is 13.0. The van der Waals surface area contributed by atoms with Crippen molar-refractivity contribution in [3.63, 3.8) is 0 Å². The van der Waals surface area contributed by atoms with E-state index in [1.165, 1.54) is 16.9 Å². The molecule has 0 aliphatic rings. The fraction of sp³-hybridized carbons (Fsp3) is 0.353. The Labute approximate surface area is 258 Å². The van der Waals surface area contributed by atoms with Crippen LogP contribution in [0.5, 0.6) is 23.0 Å². The number of aryl methyl sites for hydroxylation is 1. The zero-order valence-corrected chi connectivity index (χ0v) is 26.4. The molecule has 0 radical (unpaired) electrons. The molecule has 3 aromatic carbocycles. The van der Waals surface area contributed by atoms with Crippen LogP contribution in [0.3, 0.4) is 0 Å². The van der Waals surface area contributed by atoms with Gasteiger partial charge in [-0.15, -0.1) is 11.3 Å². The quantitative estimate of drug-likeness (QED) is 0.164. The summed E-state index contributed by atoms with van der Waals surface area (Å²) >= 11 is 1.50. The molecule has 1 unspecified atom stereocenters. The van der Waals surface area contributed by atoms with Gasteiger partial charge in [-0.05, 0) is 55.5 Å². The lowest BCUT2D eigenvalue weighted by Gasteiger charge is -2.23. The minimum Gasteiger partial charge on any atom is -0.497 e. The zero-order chi connectivity index (χ0) is 30.6. The van der Waals surface area contributed by atoms with Gasteiger partial charge in [-0.25, -0.2) is 4.98 Å². The number of carbonyl (C=O) groups excluding carboxylic acids is 1. The van der Waals surface area contributed by atoms with Crippen molar-refractivity contribution in [2.24, 2.45) is 0 Å². The van der Waals surface area contributed by atoms with Crippen LogP contribution in [0.4, 0.5) is 0 Å². The molecule has 1 aromatic heterocycles. The molecule has 0 aliphatic heterocycles. The first-order valence-electron chi connectivity index (χ1n) is 14.4. The van der Waals surface area contributed by atoms with E-state index in [2.05, 4.69) is 28.4 Å². The van der Waals surface area contributed by atoms with Gasteiger partial charge in [0, 0.05) is 36.1 Å². The number of carbonyl (C=O) groups is 1. The lowest BCUT2D eigenvalue weighted by atomic mass is 10.1. The smallest absolute Gasteiger partial charge is 0.270 e. The third-order valence-electron chi connectivity index (χ3n) is 7.28. The Balaban J connectivity index is 1.44. The average Bonchev–Trinajstić information content (AvgIpc) is 3.51. The van der Waals surface area contributed by atoms with Crippen molar-refractivity contribution >= 4 is 17.2 Å². The van der Waals surface area contributed by atoms with Crippen LogP contribution in [0.1, 0.15) is 45.5 Å². The van der Waals surface area contributed by atoms with Crippen molar-refractivity contribution in [1.82, 2.24) is 15.2 Å². The lowest BCUT2D eigenvalue weighted by molar-refractivity contribution is 0.0933. The van der Waals surface area contributed by atoms with E-state index in [0.29, 0.717) is 30.3 Å². The van der Waals surface area contributed by atoms with Crippen LogP contribution in [0.25, 0.3) is 0 Å². The average molecular weight is 604 g/mol. The van der Waals surface area contributed by atoms with Gasteiger partial charge in [0.05, 0.1) is 35.0 Å². The molecule has 0 saturated heterocycles. The highest BCUT2D eigenvalue weighted by atomic mass is 32.1. The molecule has 0 saturated carbocycles. The molecule has 4 aromatic rings. The van der Waals surface area contributed by atoms with Gasteiger partial charge in [0.2, 0.25) is 0 Å². The normalized spacial score (nSPS) is 11.7. The summed E-state index contributed by atoms with van der Waals surface area (Å²) < 4.78 is 22.0. The second-order valence-corrected chi connectivity index (χ2v) is 11.3. The first-order valence-corrected chi connectivity index (χ1v) is 15.2. The minimum absolute atomic E-state index is 0.0402. The van der Waals surface area contributed by atoms with Crippen molar-refractivity contribution in [1.29, 1.82) is 0 Å². The summed E-state index contributed by atoms with van der Waals surface area (Å²) in [5.74, 6) is 2.77. The van der Waals surface area contributed by atoms with E-state index in [9.17, 15) is 4.79 Å². The predicted octanol–water partition coefficient (Wildman–Crippen LogP) is 6.17. The Morgan fingerprint density at radius 1 is 0.837 bits per heavy atom. The minimum atomic E-state index is -0.142. The number of thiazole rings is 1. The zero-order valence-electron chi connectivity index (χ0n) is 25.6. The Kier molecular flexibility index (Phi) is 11.8. The third-order valence-corrected chi connectivity index (χ3v) is 8.12. The van der Waals surface area contributed by atoms with Crippen molar-refractivity contribution in [2.75, 3.05) is 35.0 Å². The molecule has 1 heterocycles. The molecule has 1 amide bonds. The monoisotopic (exact) mass is 603 g/mol. The standard InChI is InChI=1S/C34H41N3O5S/c1-24(11-12-25-9-7-6-8-10-25)35-34(38)29-23-43-33(36-29)22-37(21-27-14-15-28(39-2)20-31(27)41-4)18-17-26-13-16-30(40-3)32(19-26)42-5/h6-10,13-16,19-20,23-24H,11-12,17-18,21-22H2,1-5H3,(H,35,38). The number of rotatable bonds is 16. The van der Waals surface area contributed by atoms with Gasteiger partial charge in [-0.3, -0.25) is 9.69 Å². The molecule has 1 N–H and O–H groups in total. The number of hydrogen-bond donors (Lipinski definition) is 1. The summed E-state index contributed by atoms with van der Waals surface area (Å²) in [5.41, 5.74) is 3.89. The SMILES string of the molecule is COc1ccc(CN(CCc2ccc(OC)c(OC)c2)Cc2nc(C(=O)NC(C)CCc3ccccc3)cs2)c(OC)c1. The highest BCUT2D eigenvalue weighted by molar-refractivity contribution is 7.09. The van der Waals surface area contributed by atoms with Gasteiger partial charge in [-0.2, -0.15) is 0 Å². The highest BCUT2D eigenvalue weighted by Gasteiger charge is 2.18. The Morgan fingerprint density at radius 3 is 2.33 bits per heavy atom. The topological polar surface area (TPSA) is 82.2 Å². The van der Waals surface area contributed by atoms with Crippen LogP contribution < -0.4 is 24.3 Å². The van der Waals surface area contributed by atoms with Gasteiger partial charge < -0.3 is 24.3 Å². The van der Waals surface area contributed by atoms with E-state index in [4.69, 9.17) is 23.9 Å². The predicted molar refractivity (Wildman–Crippen MR) is 171 cm³/mol. The fourth-order valence-electron chi connectivity index (χ4n) is 4.84.